The first-order valence-electron chi connectivity index (χ1n) is 8.07. The molecule has 1 fully saturated rings. The van der Waals surface area contributed by atoms with Gasteiger partial charge in [0.1, 0.15) is 23.8 Å². The highest BCUT2D eigenvalue weighted by molar-refractivity contribution is 7.99. The minimum atomic E-state index is -1.04. The van der Waals surface area contributed by atoms with E-state index in [4.69, 9.17) is 9.47 Å². The number of hydrogen-bond donors (Lipinski definition) is 1. The summed E-state index contributed by atoms with van der Waals surface area (Å²) in [6.45, 7) is 0.0997. The number of rotatable bonds is 5. The van der Waals surface area contributed by atoms with Crippen LogP contribution in [-0.2, 0) is 16.1 Å². The van der Waals surface area contributed by atoms with Gasteiger partial charge in [0.25, 0.3) is 0 Å². The quantitative estimate of drug-likeness (QED) is 0.864. The van der Waals surface area contributed by atoms with E-state index in [0.717, 1.165) is 11.1 Å². The summed E-state index contributed by atoms with van der Waals surface area (Å²) in [6, 6.07) is 15.6. The smallest absolute Gasteiger partial charge is 0.412 e. The Kier molecular flexibility index (Phi) is 5.68. The van der Waals surface area contributed by atoms with Gasteiger partial charge in [-0.25, -0.2) is 9.59 Å². The number of nitrogens with zero attached hydrogens (tertiary/aromatic N) is 1. The molecule has 1 amide bonds. The molecule has 2 aromatic rings. The van der Waals surface area contributed by atoms with Crippen LogP contribution in [0.25, 0.3) is 0 Å². The molecule has 1 saturated heterocycles. The van der Waals surface area contributed by atoms with E-state index in [0.29, 0.717) is 11.5 Å². The Bertz CT molecular complexity index is 765. The number of carbonyl (C=O) groups is 2. The van der Waals surface area contributed by atoms with Crippen LogP contribution >= 0.6 is 11.8 Å². The monoisotopic (exact) mass is 373 g/mol. The molecule has 0 radical (unpaired) electrons. The Labute approximate surface area is 155 Å². The van der Waals surface area contributed by atoms with E-state index in [2.05, 4.69) is 0 Å². The van der Waals surface area contributed by atoms with Gasteiger partial charge in [0.2, 0.25) is 0 Å². The highest BCUT2D eigenvalue weighted by Crippen LogP contribution is 2.42. The fourth-order valence-electron chi connectivity index (χ4n) is 2.74. The number of amides is 1. The SMILES string of the molecule is COc1ccc(C2SCC(C(=O)O)N2C(=O)OCc2ccccc2)cc1. The van der Waals surface area contributed by atoms with Crippen molar-refractivity contribution in [3.05, 3.63) is 65.7 Å². The van der Waals surface area contributed by atoms with E-state index in [-0.39, 0.29) is 6.61 Å². The zero-order valence-electron chi connectivity index (χ0n) is 14.2. The Hall–Kier alpha value is -2.67. The highest BCUT2D eigenvalue weighted by Gasteiger charge is 2.43. The fraction of sp³-hybridized carbons (Fsp3) is 0.263. The zero-order valence-corrected chi connectivity index (χ0v) is 15.0. The summed E-state index contributed by atoms with van der Waals surface area (Å²) in [5.41, 5.74) is 1.68. The normalized spacial score (nSPS) is 19.2. The Morgan fingerprint density at radius 2 is 1.85 bits per heavy atom. The van der Waals surface area contributed by atoms with E-state index in [1.165, 1.54) is 16.7 Å². The van der Waals surface area contributed by atoms with Crippen molar-refractivity contribution in [1.29, 1.82) is 0 Å². The molecule has 0 aromatic heterocycles. The Morgan fingerprint density at radius 1 is 1.15 bits per heavy atom. The number of carboxylic acid groups (broad SMARTS) is 1. The van der Waals surface area contributed by atoms with Crippen molar-refractivity contribution in [3.63, 3.8) is 0 Å². The van der Waals surface area contributed by atoms with E-state index in [9.17, 15) is 14.7 Å². The average Bonchev–Trinajstić information content (AvgIpc) is 3.12. The lowest BCUT2D eigenvalue weighted by Gasteiger charge is -2.26. The molecule has 1 N–H and O–H groups in total. The lowest BCUT2D eigenvalue weighted by Crippen LogP contribution is -2.43. The van der Waals surface area contributed by atoms with Gasteiger partial charge in [0, 0.05) is 5.75 Å². The predicted molar refractivity (Wildman–Crippen MR) is 98.1 cm³/mol. The number of hydrogen-bond acceptors (Lipinski definition) is 5. The van der Waals surface area contributed by atoms with Gasteiger partial charge in [-0.2, -0.15) is 0 Å². The summed E-state index contributed by atoms with van der Waals surface area (Å²) in [6.07, 6.45) is -0.632. The number of methoxy groups -OCH3 is 1. The van der Waals surface area contributed by atoms with Gasteiger partial charge in [0.05, 0.1) is 7.11 Å². The molecule has 0 saturated carbocycles. The molecule has 1 aliphatic heterocycles. The minimum absolute atomic E-state index is 0.0997. The second-order valence-electron chi connectivity index (χ2n) is 5.76. The molecule has 26 heavy (non-hydrogen) atoms. The molecule has 2 atom stereocenters. The number of benzene rings is 2. The van der Waals surface area contributed by atoms with Gasteiger partial charge in [0.15, 0.2) is 0 Å². The first kappa shape index (κ1) is 18.1. The molecule has 2 unspecified atom stereocenters. The summed E-state index contributed by atoms with van der Waals surface area (Å²) in [5.74, 6) is -0.0261. The van der Waals surface area contributed by atoms with Crippen molar-refractivity contribution in [1.82, 2.24) is 4.90 Å². The average molecular weight is 373 g/mol. The van der Waals surface area contributed by atoms with Crippen molar-refractivity contribution in [2.24, 2.45) is 0 Å². The largest absolute Gasteiger partial charge is 0.497 e. The summed E-state index contributed by atoms with van der Waals surface area (Å²) >= 11 is 1.41. The van der Waals surface area contributed by atoms with Crippen LogP contribution in [0.1, 0.15) is 16.5 Å². The summed E-state index contributed by atoms with van der Waals surface area (Å²) in [5, 5.41) is 9.07. The number of carboxylic acids is 1. The Morgan fingerprint density at radius 3 is 2.46 bits per heavy atom. The third kappa shape index (κ3) is 3.94. The number of carbonyl (C=O) groups excluding carboxylic acids is 1. The maximum atomic E-state index is 12.6. The molecule has 3 rings (SSSR count). The topological polar surface area (TPSA) is 76.1 Å². The van der Waals surface area contributed by atoms with Crippen molar-refractivity contribution in [3.8, 4) is 5.75 Å². The van der Waals surface area contributed by atoms with Gasteiger partial charge in [-0.1, -0.05) is 42.5 Å². The van der Waals surface area contributed by atoms with Crippen molar-refractivity contribution < 1.29 is 24.2 Å². The van der Waals surface area contributed by atoms with Crippen LogP contribution in [0.2, 0.25) is 0 Å². The second-order valence-corrected chi connectivity index (χ2v) is 6.87. The third-order valence-electron chi connectivity index (χ3n) is 4.10. The third-order valence-corrected chi connectivity index (χ3v) is 5.43. The first-order chi connectivity index (χ1) is 12.6. The van der Waals surface area contributed by atoms with E-state index < -0.39 is 23.5 Å². The molecule has 0 aliphatic carbocycles. The van der Waals surface area contributed by atoms with Gasteiger partial charge < -0.3 is 14.6 Å². The van der Waals surface area contributed by atoms with Gasteiger partial charge in [-0.3, -0.25) is 4.90 Å². The standard InChI is InChI=1S/C19H19NO5S/c1-24-15-9-7-14(8-10-15)17-20(16(12-26-17)18(21)22)19(23)25-11-13-5-3-2-4-6-13/h2-10,16-17H,11-12H2,1H3,(H,21,22). The lowest BCUT2D eigenvalue weighted by molar-refractivity contribution is -0.141. The van der Waals surface area contributed by atoms with Crippen molar-refractivity contribution in [2.45, 2.75) is 18.0 Å². The lowest BCUT2D eigenvalue weighted by atomic mass is 10.2. The summed E-state index contributed by atoms with van der Waals surface area (Å²) < 4.78 is 10.5. The fourth-order valence-corrected chi connectivity index (χ4v) is 4.15. The molecule has 2 aromatic carbocycles. The predicted octanol–water partition coefficient (Wildman–Crippen LogP) is 3.53. The van der Waals surface area contributed by atoms with E-state index >= 15 is 0 Å². The molecule has 0 spiro atoms. The van der Waals surface area contributed by atoms with Crippen LogP contribution in [0.5, 0.6) is 5.75 Å². The molecule has 7 heteroatoms. The molecule has 136 valence electrons. The molecule has 0 bridgehead atoms. The van der Waals surface area contributed by atoms with Crippen molar-refractivity contribution >= 4 is 23.8 Å². The van der Waals surface area contributed by atoms with Gasteiger partial charge in [-0.15, -0.1) is 11.8 Å². The summed E-state index contributed by atoms with van der Waals surface area (Å²) in [4.78, 5) is 25.5. The van der Waals surface area contributed by atoms with Gasteiger partial charge >= 0.3 is 12.1 Å². The maximum absolute atomic E-state index is 12.6. The first-order valence-corrected chi connectivity index (χ1v) is 9.12. The molecule has 6 nitrogen and oxygen atoms in total. The van der Waals surface area contributed by atoms with Crippen molar-refractivity contribution in [2.75, 3.05) is 12.9 Å². The number of aliphatic carboxylic acids is 1. The van der Waals surface area contributed by atoms with Crippen LogP contribution in [0.15, 0.2) is 54.6 Å². The van der Waals surface area contributed by atoms with Crippen LogP contribution in [0.3, 0.4) is 0 Å². The zero-order chi connectivity index (χ0) is 18.5. The number of ether oxygens (including phenoxy) is 2. The molecule has 1 heterocycles. The second kappa shape index (κ2) is 8.14. The van der Waals surface area contributed by atoms with Crippen LogP contribution in [-0.4, -0.2) is 41.0 Å². The van der Waals surface area contributed by atoms with Crippen LogP contribution in [0, 0.1) is 0 Å². The van der Waals surface area contributed by atoms with Gasteiger partial charge in [-0.05, 0) is 23.3 Å². The summed E-state index contributed by atoms with van der Waals surface area (Å²) in [7, 11) is 1.58. The molecular formula is C19H19NO5S. The van der Waals surface area contributed by atoms with E-state index in [1.807, 2.05) is 42.5 Å². The minimum Gasteiger partial charge on any atom is -0.497 e. The van der Waals surface area contributed by atoms with Crippen LogP contribution < -0.4 is 4.74 Å². The van der Waals surface area contributed by atoms with E-state index in [1.54, 1.807) is 19.2 Å². The maximum Gasteiger partial charge on any atom is 0.412 e. The molecule has 1 aliphatic rings. The highest BCUT2D eigenvalue weighted by atomic mass is 32.2. The molecular weight excluding hydrogens is 354 g/mol. The number of thioether (sulfide) groups is 1. The Balaban J connectivity index is 1.77. The van der Waals surface area contributed by atoms with Crippen LogP contribution in [0.4, 0.5) is 4.79 Å².